The molecule has 182 valence electrons. The Morgan fingerprint density at radius 2 is 2.06 bits per heavy atom. The molecule has 0 amide bonds. The highest BCUT2D eigenvalue weighted by Crippen LogP contribution is 2.34. The number of H-pyrrole nitrogens is 1. The van der Waals surface area contributed by atoms with Crippen LogP contribution in [0.1, 0.15) is 56.5 Å². The van der Waals surface area contributed by atoms with Gasteiger partial charge in [0.25, 0.3) is 5.56 Å². The second-order valence-electron chi connectivity index (χ2n) is 8.23. The molecule has 0 bridgehead atoms. The molecular formula is C22H27N5O6S. The molecule has 34 heavy (non-hydrogen) atoms. The number of carbonyl (C=O) groups is 1. The molecule has 1 aliphatic rings. The summed E-state index contributed by atoms with van der Waals surface area (Å²) in [7, 11) is -4.00. The fourth-order valence-electron chi connectivity index (χ4n) is 4.28. The molecule has 0 atom stereocenters. The molecular weight excluding hydrogens is 462 g/mol. The second-order valence-corrected chi connectivity index (χ2v) is 10.00. The summed E-state index contributed by atoms with van der Waals surface area (Å²) < 4.78 is 35.0. The van der Waals surface area contributed by atoms with Crippen LogP contribution < -0.4 is 15.0 Å². The SMILES string of the molecule is CCOc1ccc(S(=O)(=O)NCCC(=O)O)cc1-c1nn2c(C3CCCC3)nc(C)c2c(=O)[nH]1. The average Bonchev–Trinajstić information content (AvgIpc) is 3.42. The molecule has 0 radical (unpaired) electrons. The number of ether oxygens (including phenoxy) is 1. The average molecular weight is 490 g/mol. The number of aromatic amines is 1. The summed E-state index contributed by atoms with van der Waals surface area (Å²) in [5.41, 5.74) is 0.870. The van der Waals surface area contributed by atoms with Crippen LogP contribution in [-0.2, 0) is 14.8 Å². The Morgan fingerprint density at radius 1 is 1.32 bits per heavy atom. The molecule has 1 saturated carbocycles. The van der Waals surface area contributed by atoms with E-state index in [1.807, 2.05) is 0 Å². The number of sulfonamides is 1. The number of nitrogens with one attached hydrogen (secondary N) is 2. The molecule has 3 N–H and O–H groups in total. The van der Waals surface area contributed by atoms with Crippen LogP contribution in [0, 0.1) is 6.92 Å². The first kappa shape index (κ1) is 23.9. The lowest BCUT2D eigenvalue weighted by molar-refractivity contribution is -0.136. The van der Waals surface area contributed by atoms with Gasteiger partial charge in [0.05, 0.1) is 29.2 Å². The van der Waals surface area contributed by atoms with E-state index in [2.05, 4.69) is 19.8 Å². The minimum Gasteiger partial charge on any atom is -0.493 e. The van der Waals surface area contributed by atoms with Gasteiger partial charge in [0.15, 0.2) is 11.3 Å². The molecule has 2 aromatic heterocycles. The van der Waals surface area contributed by atoms with Gasteiger partial charge in [0.1, 0.15) is 11.6 Å². The van der Waals surface area contributed by atoms with Crippen LogP contribution in [0.2, 0.25) is 0 Å². The van der Waals surface area contributed by atoms with Gasteiger partial charge in [-0.25, -0.2) is 22.6 Å². The van der Waals surface area contributed by atoms with Crippen molar-refractivity contribution in [3.63, 3.8) is 0 Å². The Morgan fingerprint density at radius 3 is 2.74 bits per heavy atom. The third-order valence-corrected chi connectivity index (χ3v) is 7.33. The van der Waals surface area contributed by atoms with Crippen molar-refractivity contribution in [3.8, 4) is 17.1 Å². The van der Waals surface area contributed by atoms with Crippen molar-refractivity contribution in [2.75, 3.05) is 13.2 Å². The van der Waals surface area contributed by atoms with E-state index in [-0.39, 0.29) is 35.2 Å². The van der Waals surface area contributed by atoms with Gasteiger partial charge in [0.2, 0.25) is 10.0 Å². The highest BCUT2D eigenvalue weighted by atomic mass is 32.2. The number of benzene rings is 1. The smallest absolute Gasteiger partial charge is 0.304 e. The van der Waals surface area contributed by atoms with Gasteiger partial charge in [0, 0.05) is 12.5 Å². The number of aryl methyl sites for hydroxylation is 1. The van der Waals surface area contributed by atoms with E-state index in [0.717, 1.165) is 31.5 Å². The molecule has 12 heteroatoms. The fraction of sp³-hybridized carbons (Fsp3) is 0.455. The predicted molar refractivity (Wildman–Crippen MR) is 124 cm³/mol. The number of fused-ring (bicyclic) bond motifs is 1. The van der Waals surface area contributed by atoms with E-state index in [1.54, 1.807) is 18.4 Å². The Balaban J connectivity index is 1.83. The molecule has 3 aromatic rings. The first-order chi connectivity index (χ1) is 16.2. The number of imidazole rings is 1. The quantitative estimate of drug-likeness (QED) is 0.413. The Hall–Kier alpha value is -3.25. The van der Waals surface area contributed by atoms with Gasteiger partial charge in [-0.1, -0.05) is 12.8 Å². The number of aliphatic carboxylic acids is 1. The van der Waals surface area contributed by atoms with E-state index in [0.29, 0.717) is 29.1 Å². The largest absolute Gasteiger partial charge is 0.493 e. The van der Waals surface area contributed by atoms with E-state index < -0.39 is 16.0 Å². The van der Waals surface area contributed by atoms with Gasteiger partial charge < -0.3 is 14.8 Å². The van der Waals surface area contributed by atoms with Crippen LogP contribution in [-0.4, -0.2) is 52.2 Å². The monoisotopic (exact) mass is 489 g/mol. The van der Waals surface area contributed by atoms with Crippen molar-refractivity contribution in [1.29, 1.82) is 0 Å². The number of nitrogens with zero attached hydrogens (tertiary/aromatic N) is 3. The number of hydrogen-bond donors (Lipinski definition) is 3. The molecule has 1 aromatic carbocycles. The predicted octanol–water partition coefficient (Wildman–Crippen LogP) is 2.20. The van der Waals surface area contributed by atoms with E-state index in [9.17, 15) is 18.0 Å². The summed E-state index contributed by atoms with van der Waals surface area (Å²) in [6.07, 6.45) is 3.79. The third-order valence-electron chi connectivity index (χ3n) is 5.87. The summed E-state index contributed by atoms with van der Waals surface area (Å²) >= 11 is 0. The van der Waals surface area contributed by atoms with Crippen molar-refractivity contribution >= 4 is 21.5 Å². The summed E-state index contributed by atoms with van der Waals surface area (Å²) in [6, 6.07) is 4.21. The summed E-state index contributed by atoms with van der Waals surface area (Å²) in [5, 5.41) is 13.4. The van der Waals surface area contributed by atoms with Gasteiger partial charge in [-0.2, -0.15) is 0 Å². The normalized spacial score (nSPS) is 14.6. The van der Waals surface area contributed by atoms with Gasteiger partial charge in [-0.05, 0) is 44.9 Å². The molecule has 0 spiro atoms. The molecule has 11 nitrogen and oxygen atoms in total. The molecule has 0 aliphatic heterocycles. The lowest BCUT2D eigenvalue weighted by Gasteiger charge is -2.13. The van der Waals surface area contributed by atoms with Crippen LogP contribution in [0.5, 0.6) is 5.75 Å². The maximum absolute atomic E-state index is 13.0. The Labute approximate surface area is 196 Å². The van der Waals surface area contributed by atoms with E-state index in [1.165, 1.54) is 18.2 Å². The maximum atomic E-state index is 13.0. The molecule has 0 unspecified atom stereocenters. The number of carboxylic acid groups (broad SMARTS) is 1. The van der Waals surface area contributed by atoms with Gasteiger partial charge in [-0.3, -0.25) is 9.59 Å². The summed E-state index contributed by atoms with van der Waals surface area (Å²) in [6.45, 7) is 3.63. The Bertz CT molecular complexity index is 1390. The van der Waals surface area contributed by atoms with Crippen LogP contribution in [0.25, 0.3) is 16.9 Å². The van der Waals surface area contributed by atoms with Crippen LogP contribution in [0.3, 0.4) is 0 Å². The minimum atomic E-state index is -4.00. The minimum absolute atomic E-state index is 0.100. The van der Waals surface area contributed by atoms with E-state index in [4.69, 9.17) is 9.84 Å². The Kier molecular flexibility index (Phi) is 6.71. The highest BCUT2D eigenvalue weighted by Gasteiger charge is 2.26. The fourth-order valence-corrected chi connectivity index (χ4v) is 5.34. The molecule has 1 fully saturated rings. The van der Waals surface area contributed by atoms with Gasteiger partial charge in [-0.15, -0.1) is 5.10 Å². The third kappa shape index (κ3) is 4.68. The van der Waals surface area contributed by atoms with Crippen molar-refractivity contribution < 1.29 is 23.1 Å². The zero-order valence-electron chi connectivity index (χ0n) is 19.0. The van der Waals surface area contributed by atoms with Crippen LogP contribution in [0.15, 0.2) is 27.9 Å². The van der Waals surface area contributed by atoms with Gasteiger partial charge >= 0.3 is 5.97 Å². The first-order valence-electron chi connectivity index (χ1n) is 11.2. The summed E-state index contributed by atoms with van der Waals surface area (Å²) in [5.74, 6) is 0.335. The van der Waals surface area contributed by atoms with Crippen molar-refractivity contribution in [1.82, 2.24) is 24.3 Å². The van der Waals surface area contributed by atoms with Crippen molar-refractivity contribution in [3.05, 3.63) is 40.1 Å². The lowest BCUT2D eigenvalue weighted by Crippen LogP contribution is -2.26. The molecule has 2 heterocycles. The van der Waals surface area contributed by atoms with Crippen LogP contribution >= 0.6 is 0 Å². The lowest BCUT2D eigenvalue weighted by atomic mass is 10.1. The zero-order valence-corrected chi connectivity index (χ0v) is 19.8. The molecule has 1 aliphatic carbocycles. The topological polar surface area (TPSA) is 156 Å². The van der Waals surface area contributed by atoms with Crippen LogP contribution in [0.4, 0.5) is 0 Å². The standard InChI is InChI=1S/C22H27N5O6S/c1-3-33-17-9-8-15(34(31,32)23-11-10-18(28)29)12-16(17)20-25-22(30)19-13(2)24-21(27(19)26-20)14-6-4-5-7-14/h8-9,12,14,23H,3-7,10-11H2,1-2H3,(H,28,29)(H,25,26,30). The number of carboxylic acids is 1. The van der Waals surface area contributed by atoms with Crippen molar-refractivity contribution in [2.45, 2.75) is 56.8 Å². The summed E-state index contributed by atoms with van der Waals surface area (Å²) in [4.78, 5) is 31.0. The molecule has 4 rings (SSSR count). The first-order valence-corrected chi connectivity index (χ1v) is 12.7. The number of aromatic nitrogens is 4. The molecule has 0 saturated heterocycles. The van der Waals surface area contributed by atoms with E-state index >= 15 is 0 Å². The maximum Gasteiger partial charge on any atom is 0.304 e. The number of hydrogen-bond acceptors (Lipinski definition) is 7. The highest BCUT2D eigenvalue weighted by molar-refractivity contribution is 7.89. The second kappa shape index (κ2) is 9.55. The van der Waals surface area contributed by atoms with Crippen molar-refractivity contribution in [2.24, 2.45) is 0 Å². The number of rotatable bonds is 9. The zero-order chi connectivity index (χ0) is 24.5.